The van der Waals surface area contributed by atoms with Crippen molar-refractivity contribution in [2.45, 2.75) is 0 Å². The van der Waals surface area contributed by atoms with Crippen molar-refractivity contribution < 1.29 is 24.5 Å². The Hall–Kier alpha value is -2.95. The van der Waals surface area contributed by atoms with Crippen LogP contribution in [0.1, 0.15) is 11.1 Å². The molecule has 0 aromatic heterocycles. The zero-order valence-electron chi connectivity index (χ0n) is 11.2. The van der Waals surface area contributed by atoms with Gasteiger partial charge in [0.25, 0.3) is 0 Å². The van der Waals surface area contributed by atoms with Gasteiger partial charge in [0.05, 0.1) is 12.7 Å². The maximum Gasteiger partial charge on any atom is 0.344 e. The lowest BCUT2D eigenvalue weighted by molar-refractivity contribution is -0.126. The first-order valence-corrected chi connectivity index (χ1v) is 6.23. The van der Waals surface area contributed by atoms with Gasteiger partial charge in [-0.25, -0.2) is 4.79 Å². The van der Waals surface area contributed by atoms with Gasteiger partial charge in [0.1, 0.15) is 11.5 Å². The predicted molar refractivity (Wildman–Crippen MR) is 76.3 cm³/mol. The first-order valence-electron chi connectivity index (χ1n) is 6.23. The minimum Gasteiger partial charge on any atom is -0.508 e. The van der Waals surface area contributed by atoms with E-state index in [9.17, 15) is 15.0 Å². The van der Waals surface area contributed by atoms with E-state index < -0.39 is 5.97 Å². The summed E-state index contributed by atoms with van der Waals surface area (Å²) in [4.78, 5) is 11.9. The summed E-state index contributed by atoms with van der Waals surface area (Å²) in [5.74, 6) is 0.317. The maximum atomic E-state index is 11.9. The molecule has 0 bridgehead atoms. The van der Waals surface area contributed by atoms with Crippen molar-refractivity contribution in [3.63, 3.8) is 0 Å². The Morgan fingerprint density at radius 1 is 1.14 bits per heavy atom. The summed E-state index contributed by atoms with van der Waals surface area (Å²) in [6, 6.07) is 9.22. The van der Waals surface area contributed by atoms with Crippen LogP contribution in [0.3, 0.4) is 0 Å². The van der Waals surface area contributed by atoms with E-state index in [1.807, 2.05) is 0 Å². The van der Waals surface area contributed by atoms with Crippen LogP contribution in [-0.4, -0.2) is 23.3 Å². The second-order valence-corrected chi connectivity index (χ2v) is 4.56. The number of ether oxygens (including phenoxy) is 2. The van der Waals surface area contributed by atoms with Crippen molar-refractivity contribution in [1.29, 1.82) is 0 Å². The van der Waals surface area contributed by atoms with Crippen molar-refractivity contribution in [3.05, 3.63) is 47.5 Å². The third-order valence-corrected chi connectivity index (χ3v) is 3.19. The Bertz CT molecular complexity index is 761. The molecule has 1 aliphatic rings. The Balaban J connectivity index is 2.08. The van der Waals surface area contributed by atoms with Gasteiger partial charge in [0.15, 0.2) is 11.5 Å². The van der Waals surface area contributed by atoms with Gasteiger partial charge in [-0.1, -0.05) is 6.07 Å². The van der Waals surface area contributed by atoms with Gasteiger partial charge in [-0.2, -0.15) is 0 Å². The molecule has 3 rings (SSSR count). The fourth-order valence-corrected chi connectivity index (χ4v) is 2.17. The largest absolute Gasteiger partial charge is 0.508 e. The van der Waals surface area contributed by atoms with Crippen LogP contribution in [-0.2, 0) is 4.79 Å². The van der Waals surface area contributed by atoms with Crippen LogP contribution in [0.25, 0.3) is 11.6 Å². The SMILES string of the molecule is COc1cc(C=C2C(=O)Oc3ccc(O)cc32)ccc1O. The van der Waals surface area contributed by atoms with Crippen molar-refractivity contribution in [2.75, 3.05) is 7.11 Å². The maximum absolute atomic E-state index is 11.9. The minimum absolute atomic E-state index is 0.0201. The molecule has 5 heteroatoms. The number of methoxy groups -OCH3 is 1. The van der Waals surface area contributed by atoms with Crippen LogP contribution in [0.5, 0.6) is 23.0 Å². The third-order valence-electron chi connectivity index (χ3n) is 3.19. The molecule has 2 aromatic carbocycles. The number of aromatic hydroxyl groups is 2. The lowest BCUT2D eigenvalue weighted by Gasteiger charge is -2.04. The summed E-state index contributed by atoms with van der Waals surface area (Å²) < 4.78 is 10.2. The van der Waals surface area contributed by atoms with Gasteiger partial charge in [-0.15, -0.1) is 0 Å². The Morgan fingerprint density at radius 2 is 1.95 bits per heavy atom. The fraction of sp³-hybridized carbons (Fsp3) is 0.0625. The van der Waals surface area contributed by atoms with E-state index in [0.717, 1.165) is 0 Å². The van der Waals surface area contributed by atoms with Crippen LogP contribution in [0, 0.1) is 0 Å². The van der Waals surface area contributed by atoms with Crippen molar-refractivity contribution >= 4 is 17.6 Å². The van der Waals surface area contributed by atoms with E-state index in [2.05, 4.69) is 0 Å². The van der Waals surface area contributed by atoms with Crippen LogP contribution >= 0.6 is 0 Å². The Kier molecular flexibility index (Phi) is 3.02. The molecule has 0 spiro atoms. The summed E-state index contributed by atoms with van der Waals surface area (Å²) >= 11 is 0. The van der Waals surface area contributed by atoms with Crippen LogP contribution < -0.4 is 9.47 Å². The summed E-state index contributed by atoms with van der Waals surface area (Å²) in [5, 5.41) is 19.1. The fourth-order valence-electron chi connectivity index (χ4n) is 2.17. The van der Waals surface area contributed by atoms with Crippen molar-refractivity contribution in [2.24, 2.45) is 0 Å². The number of fused-ring (bicyclic) bond motifs is 1. The van der Waals surface area contributed by atoms with E-state index >= 15 is 0 Å². The van der Waals surface area contributed by atoms with Crippen molar-refractivity contribution in [1.82, 2.24) is 0 Å². The molecule has 0 aliphatic carbocycles. The van der Waals surface area contributed by atoms with E-state index in [-0.39, 0.29) is 11.5 Å². The lowest BCUT2D eigenvalue weighted by atomic mass is 10.0. The second kappa shape index (κ2) is 4.86. The predicted octanol–water partition coefficient (Wildman–Crippen LogP) is 2.57. The molecule has 106 valence electrons. The molecule has 1 heterocycles. The third kappa shape index (κ3) is 2.29. The van der Waals surface area contributed by atoms with E-state index in [1.54, 1.807) is 24.3 Å². The van der Waals surface area contributed by atoms with Gasteiger partial charge in [-0.05, 0) is 42.0 Å². The first-order chi connectivity index (χ1) is 10.1. The number of hydrogen-bond donors (Lipinski definition) is 2. The summed E-state index contributed by atoms with van der Waals surface area (Å²) in [6.07, 6.45) is 1.62. The van der Waals surface area contributed by atoms with Gasteiger partial charge in [-0.3, -0.25) is 0 Å². The van der Waals surface area contributed by atoms with Gasteiger partial charge in [0.2, 0.25) is 0 Å². The topological polar surface area (TPSA) is 76.0 Å². The van der Waals surface area contributed by atoms with E-state index in [4.69, 9.17) is 9.47 Å². The standard InChI is InChI=1S/C16H12O5/c1-20-15-7-9(2-4-13(15)18)6-12-11-8-10(17)3-5-14(11)21-16(12)19/h2-8,17-18H,1H3. The Labute approximate surface area is 120 Å². The summed E-state index contributed by atoms with van der Waals surface area (Å²) in [7, 11) is 1.45. The van der Waals surface area contributed by atoms with Gasteiger partial charge < -0.3 is 19.7 Å². The average Bonchev–Trinajstić information content (AvgIpc) is 2.77. The second-order valence-electron chi connectivity index (χ2n) is 4.56. The number of rotatable bonds is 2. The highest BCUT2D eigenvalue weighted by atomic mass is 16.5. The number of carbonyl (C=O) groups is 1. The van der Waals surface area contributed by atoms with E-state index in [0.29, 0.717) is 28.2 Å². The smallest absolute Gasteiger partial charge is 0.344 e. The lowest BCUT2D eigenvalue weighted by Crippen LogP contribution is -2.00. The van der Waals surface area contributed by atoms with Gasteiger partial charge in [0, 0.05) is 5.56 Å². The molecule has 1 aliphatic heterocycles. The average molecular weight is 284 g/mol. The van der Waals surface area contributed by atoms with Crippen molar-refractivity contribution in [3.8, 4) is 23.0 Å². The minimum atomic E-state index is -0.484. The number of phenols is 2. The molecule has 0 fully saturated rings. The number of phenolic OH excluding ortho intramolecular Hbond substituents is 2. The number of esters is 1. The van der Waals surface area contributed by atoms with Crippen LogP contribution in [0.4, 0.5) is 0 Å². The number of carbonyl (C=O) groups excluding carboxylic acids is 1. The number of benzene rings is 2. The monoisotopic (exact) mass is 284 g/mol. The number of hydrogen-bond acceptors (Lipinski definition) is 5. The van der Waals surface area contributed by atoms with Gasteiger partial charge >= 0.3 is 5.97 Å². The molecule has 5 nitrogen and oxygen atoms in total. The van der Waals surface area contributed by atoms with E-state index in [1.165, 1.54) is 25.3 Å². The summed E-state index contributed by atoms with van der Waals surface area (Å²) in [5.41, 5.74) is 1.55. The molecule has 0 amide bonds. The molecule has 0 saturated heterocycles. The van der Waals surface area contributed by atoms with Crippen LogP contribution in [0.15, 0.2) is 36.4 Å². The highest BCUT2D eigenvalue weighted by Crippen LogP contribution is 2.38. The molecule has 21 heavy (non-hydrogen) atoms. The molecule has 0 atom stereocenters. The molecule has 0 saturated carbocycles. The first kappa shape index (κ1) is 13.1. The molecular formula is C16H12O5. The molecule has 0 radical (unpaired) electrons. The molecule has 2 aromatic rings. The molecular weight excluding hydrogens is 272 g/mol. The summed E-state index contributed by atoms with van der Waals surface area (Å²) in [6.45, 7) is 0. The molecule has 0 unspecified atom stereocenters. The highest BCUT2D eigenvalue weighted by Gasteiger charge is 2.27. The zero-order valence-corrected chi connectivity index (χ0v) is 11.2. The highest BCUT2D eigenvalue weighted by molar-refractivity contribution is 6.26. The molecule has 2 N–H and O–H groups in total. The Morgan fingerprint density at radius 3 is 2.71 bits per heavy atom. The van der Waals surface area contributed by atoms with Crippen LogP contribution in [0.2, 0.25) is 0 Å². The normalized spacial score (nSPS) is 14.9. The zero-order chi connectivity index (χ0) is 15.0. The quantitative estimate of drug-likeness (QED) is 0.503.